The summed E-state index contributed by atoms with van der Waals surface area (Å²) in [5, 5.41) is 9.90. The van der Waals surface area contributed by atoms with Crippen LogP contribution in [0.2, 0.25) is 0 Å². The highest BCUT2D eigenvalue weighted by molar-refractivity contribution is 5.53. The first-order valence-electron chi connectivity index (χ1n) is 5.68. The Morgan fingerprint density at radius 1 is 1.27 bits per heavy atom. The van der Waals surface area contributed by atoms with Crippen molar-refractivity contribution in [1.82, 2.24) is 0 Å². The van der Waals surface area contributed by atoms with Crippen molar-refractivity contribution in [3.8, 4) is 0 Å². The molecule has 0 radical (unpaired) electrons. The molecule has 0 unspecified atom stereocenters. The van der Waals surface area contributed by atoms with Crippen molar-refractivity contribution in [1.29, 1.82) is 0 Å². The van der Waals surface area contributed by atoms with E-state index in [0.717, 1.165) is 30.6 Å². The third-order valence-corrected chi connectivity index (χ3v) is 2.65. The predicted octanol–water partition coefficient (Wildman–Crippen LogP) is 2.98. The molecule has 0 bridgehead atoms. The van der Waals surface area contributed by atoms with Gasteiger partial charge in [0.1, 0.15) is 0 Å². The molecule has 0 amide bonds. The van der Waals surface area contributed by atoms with E-state index >= 15 is 0 Å². The molecule has 0 aliphatic heterocycles. The molecule has 15 heavy (non-hydrogen) atoms. The summed E-state index contributed by atoms with van der Waals surface area (Å²) in [5.74, 6) is 0. The Balaban J connectivity index is 2.95. The van der Waals surface area contributed by atoms with Crippen molar-refractivity contribution in [3.63, 3.8) is 0 Å². The fourth-order valence-electron chi connectivity index (χ4n) is 1.79. The van der Waals surface area contributed by atoms with Gasteiger partial charge in [-0.1, -0.05) is 32.0 Å². The van der Waals surface area contributed by atoms with Gasteiger partial charge in [-0.3, -0.25) is 0 Å². The lowest BCUT2D eigenvalue weighted by atomic mass is 10.0. The minimum atomic E-state index is -0.347. The van der Waals surface area contributed by atoms with Gasteiger partial charge >= 0.3 is 0 Å². The van der Waals surface area contributed by atoms with Gasteiger partial charge in [-0.05, 0) is 18.9 Å². The molecule has 0 aromatic heterocycles. The van der Waals surface area contributed by atoms with Gasteiger partial charge in [0.05, 0.1) is 6.10 Å². The molecule has 0 fully saturated rings. The summed E-state index contributed by atoms with van der Waals surface area (Å²) in [6, 6.07) is 8.09. The Hall–Kier alpha value is -1.02. The lowest BCUT2D eigenvalue weighted by Crippen LogP contribution is -2.20. The van der Waals surface area contributed by atoms with E-state index < -0.39 is 0 Å². The SMILES string of the molecule is CCCN(C)c1ccccc1[C@H](O)CC. The maximum Gasteiger partial charge on any atom is 0.0807 e. The number of benzene rings is 1. The zero-order chi connectivity index (χ0) is 11.3. The zero-order valence-corrected chi connectivity index (χ0v) is 9.90. The molecule has 2 heteroatoms. The number of hydrogen-bond acceptors (Lipinski definition) is 2. The van der Waals surface area contributed by atoms with E-state index in [1.54, 1.807) is 0 Å². The summed E-state index contributed by atoms with van der Waals surface area (Å²) in [6.07, 6.45) is 1.53. The number of rotatable bonds is 5. The average molecular weight is 207 g/mol. The van der Waals surface area contributed by atoms with E-state index in [0.29, 0.717) is 0 Å². The van der Waals surface area contributed by atoms with Crippen molar-refractivity contribution in [2.24, 2.45) is 0 Å². The molecular formula is C13H21NO. The van der Waals surface area contributed by atoms with Gasteiger partial charge in [0.25, 0.3) is 0 Å². The molecular weight excluding hydrogens is 186 g/mol. The number of aliphatic hydroxyl groups is 1. The molecule has 0 aliphatic carbocycles. The maximum absolute atomic E-state index is 9.90. The monoisotopic (exact) mass is 207 g/mol. The molecule has 1 atom stereocenters. The van der Waals surface area contributed by atoms with Crippen LogP contribution in [-0.2, 0) is 0 Å². The Bertz CT molecular complexity index is 298. The highest BCUT2D eigenvalue weighted by Crippen LogP contribution is 2.27. The summed E-state index contributed by atoms with van der Waals surface area (Å²) in [5.41, 5.74) is 2.18. The second-order valence-corrected chi connectivity index (χ2v) is 3.90. The molecule has 0 heterocycles. The standard InChI is InChI=1S/C13H21NO/c1-4-10-14(3)12-9-7-6-8-11(12)13(15)5-2/h6-9,13,15H,4-5,10H2,1-3H3/t13-/m1/s1. The third kappa shape index (κ3) is 2.96. The van der Waals surface area contributed by atoms with Crippen molar-refractivity contribution in [3.05, 3.63) is 29.8 Å². The van der Waals surface area contributed by atoms with E-state index in [9.17, 15) is 5.11 Å². The molecule has 0 saturated carbocycles. The molecule has 84 valence electrons. The third-order valence-electron chi connectivity index (χ3n) is 2.65. The minimum absolute atomic E-state index is 0.347. The van der Waals surface area contributed by atoms with Gasteiger partial charge in [-0.15, -0.1) is 0 Å². The molecule has 2 nitrogen and oxygen atoms in total. The first kappa shape index (κ1) is 12.1. The van der Waals surface area contributed by atoms with Gasteiger partial charge in [-0.2, -0.15) is 0 Å². The smallest absolute Gasteiger partial charge is 0.0807 e. The van der Waals surface area contributed by atoms with Crippen LogP contribution in [0, 0.1) is 0 Å². The Morgan fingerprint density at radius 2 is 1.93 bits per heavy atom. The van der Waals surface area contributed by atoms with E-state index in [1.807, 2.05) is 25.1 Å². The van der Waals surface area contributed by atoms with Gasteiger partial charge in [0.15, 0.2) is 0 Å². The van der Waals surface area contributed by atoms with Crippen LogP contribution in [-0.4, -0.2) is 18.7 Å². The Morgan fingerprint density at radius 3 is 2.53 bits per heavy atom. The normalized spacial score (nSPS) is 12.5. The fourth-order valence-corrected chi connectivity index (χ4v) is 1.79. The van der Waals surface area contributed by atoms with Gasteiger partial charge in [-0.25, -0.2) is 0 Å². The molecule has 0 spiro atoms. The largest absolute Gasteiger partial charge is 0.388 e. The van der Waals surface area contributed by atoms with Gasteiger partial charge in [0, 0.05) is 24.8 Å². The van der Waals surface area contributed by atoms with Crippen LogP contribution in [0.1, 0.15) is 38.4 Å². The molecule has 1 N–H and O–H groups in total. The molecule has 1 aromatic carbocycles. The van der Waals surface area contributed by atoms with Crippen LogP contribution in [0.4, 0.5) is 5.69 Å². The van der Waals surface area contributed by atoms with E-state index in [2.05, 4.69) is 24.9 Å². The number of para-hydroxylation sites is 1. The van der Waals surface area contributed by atoms with Gasteiger partial charge in [0.2, 0.25) is 0 Å². The molecule has 1 rings (SSSR count). The average Bonchev–Trinajstić information content (AvgIpc) is 2.28. The number of aliphatic hydroxyl groups excluding tert-OH is 1. The summed E-state index contributed by atoms with van der Waals surface area (Å²) in [4.78, 5) is 2.20. The minimum Gasteiger partial charge on any atom is -0.388 e. The predicted molar refractivity (Wildman–Crippen MR) is 65.3 cm³/mol. The lowest BCUT2D eigenvalue weighted by Gasteiger charge is -2.23. The van der Waals surface area contributed by atoms with Crippen LogP contribution in [0.15, 0.2) is 24.3 Å². The van der Waals surface area contributed by atoms with Crippen molar-refractivity contribution >= 4 is 5.69 Å². The first-order valence-corrected chi connectivity index (χ1v) is 5.68. The number of nitrogens with zero attached hydrogens (tertiary/aromatic N) is 1. The topological polar surface area (TPSA) is 23.5 Å². The van der Waals surface area contributed by atoms with Crippen LogP contribution < -0.4 is 4.90 Å². The van der Waals surface area contributed by atoms with E-state index in [1.165, 1.54) is 0 Å². The zero-order valence-electron chi connectivity index (χ0n) is 9.90. The second kappa shape index (κ2) is 5.76. The molecule has 1 aromatic rings. The number of anilines is 1. The molecule has 0 saturated heterocycles. The summed E-state index contributed by atoms with van der Waals surface area (Å²) >= 11 is 0. The van der Waals surface area contributed by atoms with Crippen molar-refractivity contribution in [2.75, 3.05) is 18.5 Å². The Kier molecular flexibility index (Phi) is 4.63. The van der Waals surface area contributed by atoms with Crippen LogP contribution in [0.5, 0.6) is 0 Å². The van der Waals surface area contributed by atoms with E-state index in [-0.39, 0.29) is 6.10 Å². The number of hydrogen-bond donors (Lipinski definition) is 1. The highest BCUT2D eigenvalue weighted by Gasteiger charge is 2.12. The van der Waals surface area contributed by atoms with Gasteiger partial charge < -0.3 is 10.0 Å². The first-order chi connectivity index (χ1) is 7.20. The van der Waals surface area contributed by atoms with Crippen LogP contribution in [0.25, 0.3) is 0 Å². The maximum atomic E-state index is 9.90. The highest BCUT2D eigenvalue weighted by atomic mass is 16.3. The summed E-state index contributed by atoms with van der Waals surface area (Å²) in [7, 11) is 2.07. The van der Waals surface area contributed by atoms with Crippen molar-refractivity contribution in [2.45, 2.75) is 32.8 Å². The summed E-state index contributed by atoms with van der Waals surface area (Å²) in [6.45, 7) is 5.18. The van der Waals surface area contributed by atoms with Crippen molar-refractivity contribution < 1.29 is 5.11 Å². The quantitative estimate of drug-likeness (QED) is 0.802. The second-order valence-electron chi connectivity index (χ2n) is 3.90. The Labute approximate surface area is 92.5 Å². The lowest BCUT2D eigenvalue weighted by molar-refractivity contribution is 0.174. The van der Waals surface area contributed by atoms with E-state index in [4.69, 9.17) is 0 Å². The summed E-state index contributed by atoms with van der Waals surface area (Å²) < 4.78 is 0. The van der Waals surface area contributed by atoms with Crippen LogP contribution >= 0.6 is 0 Å². The molecule has 0 aliphatic rings. The fraction of sp³-hybridized carbons (Fsp3) is 0.538. The van der Waals surface area contributed by atoms with Crippen LogP contribution in [0.3, 0.4) is 0 Å².